The maximum atomic E-state index is 12.5. The second kappa shape index (κ2) is 6.19. The lowest BCUT2D eigenvalue weighted by atomic mass is 9.84. The van der Waals surface area contributed by atoms with E-state index in [1.54, 1.807) is 0 Å². The number of fused-ring (bicyclic) bond motifs is 1. The summed E-state index contributed by atoms with van der Waals surface area (Å²) in [6.45, 7) is 8.97. The van der Waals surface area contributed by atoms with Crippen molar-refractivity contribution >= 4 is 5.91 Å². The van der Waals surface area contributed by atoms with Crippen LogP contribution in [0.5, 0.6) is 11.5 Å². The molecule has 1 aliphatic rings. The molecule has 0 unspecified atom stereocenters. The Morgan fingerprint density at radius 2 is 1.83 bits per heavy atom. The van der Waals surface area contributed by atoms with Crippen LogP contribution in [0.2, 0.25) is 0 Å². The molecule has 1 aliphatic heterocycles. The van der Waals surface area contributed by atoms with E-state index < -0.39 is 0 Å². The number of aryl methyl sites for hydroxylation is 2. The molecule has 1 N–H and O–H groups in total. The molecule has 0 saturated heterocycles. The van der Waals surface area contributed by atoms with E-state index in [0.717, 1.165) is 33.8 Å². The van der Waals surface area contributed by atoms with Crippen LogP contribution in [0.15, 0.2) is 36.4 Å². The largest absolute Gasteiger partial charge is 0.454 e. The summed E-state index contributed by atoms with van der Waals surface area (Å²) in [7, 11) is 0. The SMILES string of the molecule is Cc1ccc(C)c(C(=O)NCC(C)(C)c2ccc3c(c2)OCO3)c1. The first kappa shape index (κ1) is 16.4. The van der Waals surface area contributed by atoms with E-state index in [1.807, 2.05) is 50.2 Å². The minimum Gasteiger partial charge on any atom is -0.454 e. The summed E-state index contributed by atoms with van der Waals surface area (Å²) in [4.78, 5) is 12.5. The van der Waals surface area contributed by atoms with Crippen molar-refractivity contribution in [2.75, 3.05) is 13.3 Å². The van der Waals surface area contributed by atoms with Crippen LogP contribution in [0.1, 0.15) is 40.9 Å². The second-order valence-electron chi connectivity index (χ2n) is 6.95. The van der Waals surface area contributed by atoms with Crippen molar-refractivity contribution < 1.29 is 14.3 Å². The van der Waals surface area contributed by atoms with Gasteiger partial charge in [-0.15, -0.1) is 0 Å². The van der Waals surface area contributed by atoms with Gasteiger partial charge in [0.1, 0.15) is 0 Å². The van der Waals surface area contributed by atoms with Crippen LogP contribution < -0.4 is 14.8 Å². The topological polar surface area (TPSA) is 47.6 Å². The van der Waals surface area contributed by atoms with E-state index in [-0.39, 0.29) is 18.1 Å². The van der Waals surface area contributed by atoms with Crippen LogP contribution in [0, 0.1) is 13.8 Å². The van der Waals surface area contributed by atoms with Crippen molar-refractivity contribution in [2.24, 2.45) is 0 Å². The first-order valence-corrected chi connectivity index (χ1v) is 8.12. The zero-order chi connectivity index (χ0) is 17.3. The molecule has 0 bridgehead atoms. The summed E-state index contributed by atoms with van der Waals surface area (Å²) in [5, 5.41) is 3.06. The van der Waals surface area contributed by atoms with Gasteiger partial charge < -0.3 is 14.8 Å². The minimum absolute atomic E-state index is 0.0370. The number of ether oxygens (including phenoxy) is 2. The third-order valence-corrected chi connectivity index (χ3v) is 4.48. The van der Waals surface area contributed by atoms with Crippen molar-refractivity contribution in [1.29, 1.82) is 0 Å². The number of benzene rings is 2. The Bertz CT molecular complexity index is 780. The van der Waals surface area contributed by atoms with Gasteiger partial charge in [-0.2, -0.15) is 0 Å². The Morgan fingerprint density at radius 3 is 2.62 bits per heavy atom. The fraction of sp³-hybridized carbons (Fsp3) is 0.350. The standard InChI is InChI=1S/C20H23NO3/c1-13-5-6-14(2)16(9-13)19(22)21-11-20(3,4)15-7-8-17-18(10-15)24-12-23-17/h5-10H,11-12H2,1-4H3,(H,21,22). The van der Waals surface area contributed by atoms with E-state index in [1.165, 1.54) is 0 Å². The summed E-state index contributed by atoms with van der Waals surface area (Å²) < 4.78 is 10.8. The van der Waals surface area contributed by atoms with E-state index in [0.29, 0.717) is 6.54 Å². The molecule has 0 fully saturated rings. The third kappa shape index (κ3) is 3.23. The van der Waals surface area contributed by atoms with E-state index in [2.05, 4.69) is 19.2 Å². The summed E-state index contributed by atoms with van der Waals surface area (Å²) in [5.74, 6) is 1.50. The molecular formula is C20H23NO3. The molecule has 4 nitrogen and oxygen atoms in total. The molecule has 0 spiro atoms. The number of nitrogens with one attached hydrogen (secondary N) is 1. The van der Waals surface area contributed by atoms with Crippen molar-refractivity contribution in [3.05, 3.63) is 58.7 Å². The molecule has 2 aromatic carbocycles. The average Bonchev–Trinajstić information content (AvgIpc) is 3.02. The maximum absolute atomic E-state index is 12.5. The molecule has 0 aromatic heterocycles. The minimum atomic E-state index is -0.214. The normalized spacial score (nSPS) is 13.0. The van der Waals surface area contributed by atoms with Gasteiger partial charge in [-0.05, 0) is 43.2 Å². The maximum Gasteiger partial charge on any atom is 0.251 e. The van der Waals surface area contributed by atoms with Gasteiger partial charge in [0, 0.05) is 17.5 Å². The lowest BCUT2D eigenvalue weighted by Gasteiger charge is -2.26. The summed E-state index contributed by atoms with van der Waals surface area (Å²) in [5.41, 5.74) is 3.69. The molecule has 0 aliphatic carbocycles. The monoisotopic (exact) mass is 325 g/mol. The van der Waals surface area contributed by atoms with Crippen LogP contribution in [0.4, 0.5) is 0 Å². The van der Waals surface area contributed by atoms with Crippen LogP contribution in [0.25, 0.3) is 0 Å². The zero-order valence-electron chi connectivity index (χ0n) is 14.6. The van der Waals surface area contributed by atoms with Crippen molar-refractivity contribution in [3.8, 4) is 11.5 Å². The molecular weight excluding hydrogens is 302 g/mol. The first-order valence-electron chi connectivity index (χ1n) is 8.12. The predicted octanol–water partition coefficient (Wildman–Crippen LogP) is 3.74. The van der Waals surface area contributed by atoms with Gasteiger partial charge in [0.25, 0.3) is 5.91 Å². The third-order valence-electron chi connectivity index (χ3n) is 4.48. The quantitative estimate of drug-likeness (QED) is 0.931. The van der Waals surface area contributed by atoms with Crippen molar-refractivity contribution in [3.63, 3.8) is 0 Å². The Morgan fingerprint density at radius 1 is 1.08 bits per heavy atom. The van der Waals surface area contributed by atoms with Gasteiger partial charge in [-0.1, -0.05) is 37.6 Å². The number of rotatable bonds is 4. The Labute approximate surface area is 142 Å². The first-order chi connectivity index (χ1) is 11.4. The highest BCUT2D eigenvalue weighted by molar-refractivity contribution is 5.95. The van der Waals surface area contributed by atoms with Gasteiger partial charge >= 0.3 is 0 Å². The zero-order valence-corrected chi connectivity index (χ0v) is 14.6. The average molecular weight is 325 g/mol. The molecule has 3 rings (SSSR count). The van der Waals surface area contributed by atoms with E-state index in [9.17, 15) is 4.79 Å². The highest BCUT2D eigenvalue weighted by Gasteiger charge is 2.25. The fourth-order valence-electron chi connectivity index (χ4n) is 2.80. The molecule has 0 radical (unpaired) electrons. The van der Waals surface area contributed by atoms with E-state index >= 15 is 0 Å². The second-order valence-corrected chi connectivity index (χ2v) is 6.95. The molecule has 1 amide bonds. The molecule has 0 saturated carbocycles. The van der Waals surface area contributed by atoms with Crippen molar-refractivity contribution in [2.45, 2.75) is 33.1 Å². The van der Waals surface area contributed by atoms with Gasteiger partial charge in [0.2, 0.25) is 6.79 Å². The molecule has 126 valence electrons. The van der Waals surface area contributed by atoms with Gasteiger partial charge in [0.05, 0.1) is 0 Å². The lowest BCUT2D eigenvalue weighted by Crippen LogP contribution is -2.37. The highest BCUT2D eigenvalue weighted by Crippen LogP contribution is 2.36. The van der Waals surface area contributed by atoms with Crippen LogP contribution in [-0.2, 0) is 5.41 Å². The van der Waals surface area contributed by atoms with Gasteiger partial charge in [-0.3, -0.25) is 4.79 Å². The molecule has 0 atom stereocenters. The highest BCUT2D eigenvalue weighted by atomic mass is 16.7. The molecule has 1 heterocycles. The lowest BCUT2D eigenvalue weighted by molar-refractivity contribution is 0.0945. The molecule has 4 heteroatoms. The van der Waals surface area contributed by atoms with Crippen LogP contribution in [-0.4, -0.2) is 19.2 Å². The number of amides is 1. The van der Waals surface area contributed by atoms with E-state index in [4.69, 9.17) is 9.47 Å². The smallest absolute Gasteiger partial charge is 0.251 e. The molecule has 2 aromatic rings. The fourth-order valence-corrected chi connectivity index (χ4v) is 2.80. The van der Waals surface area contributed by atoms with Gasteiger partial charge in [-0.25, -0.2) is 0 Å². The Kier molecular flexibility index (Phi) is 4.22. The number of hydrogen-bond acceptors (Lipinski definition) is 3. The summed E-state index contributed by atoms with van der Waals surface area (Å²) >= 11 is 0. The van der Waals surface area contributed by atoms with Crippen LogP contribution >= 0.6 is 0 Å². The Balaban J connectivity index is 1.73. The summed E-state index contributed by atoms with van der Waals surface area (Å²) in [6.07, 6.45) is 0. The number of hydrogen-bond donors (Lipinski definition) is 1. The number of carbonyl (C=O) groups is 1. The number of carbonyl (C=O) groups excluding carboxylic acids is 1. The Hall–Kier alpha value is -2.49. The summed E-state index contributed by atoms with van der Waals surface area (Å²) in [6, 6.07) is 11.9. The predicted molar refractivity (Wildman–Crippen MR) is 93.8 cm³/mol. The van der Waals surface area contributed by atoms with Crippen molar-refractivity contribution in [1.82, 2.24) is 5.32 Å². The molecule has 24 heavy (non-hydrogen) atoms. The van der Waals surface area contributed by atoms with Crippen LogP contribution in [0.3, 0.4) is 0 Å². The van der Waals surface area contributed by atoms with Gasteiger partial charge in [0.15, 0.2) is 11.5 Å².